The molecule has 2 aromatic rings. The lowest BCUT2D eigenvalue weighted by molar-refractivity contribution is 0.572. The van der Waals surface area contributed by atoms with E-state index in [0.717, 1.165) is 8.04 Å². The van der Waals surface area contributed by atoms with Crippen molar-refractivity contribution in [3.8, 4) is 0 Å². The highest BCUT2D eigenvalue weighted by molar-refractivity contribution is 14.1. The molecule has 0 spiro atoms. The zero-order valence-corrected chi connectivity index (χ0v) is 9.50. The summed E-state index contributed by atoms with van der Waals surface area (Å²) < 4.78 is 16.2. The van der Waals surface area contributed by atoms with Gasteiger partial charge in [-0.15, -0.1) is 0 Å². The first kappa shape index (κ1) is 8.43. The maximum Gasteiger partial charge on any atom is 0.217 e. The summed E-state index contributed by atoms with van der Waals surface area (Å²) in [6.45, 7) is 0. The first-order chi connectivity index (χ1) is 5.68. The second-order valence-corrected chi connectivity index (χ2v) is 4.36. The Kier molecular flexibility index (Phi) is 2.07. The van der Waals surface area contributed by atoms with Crippen molar-refractivity contribution in [2.45, 2.75) is 0 Å². The van der Waals surface area contributed by atoms with Gasteiger partial charge in [-0.1, -0.05) is 0 Å². The van der Waals surface area contributed by atoms with Gasteiger partial charge in [0.25, 0.3) is 0 Å². The van der Waals surface area contributed by atoms with E-state index in [1.54, 1.807) is 6.20 Å². The average molecular weight is 341 g/mol. The minimum absolute atomic E-state index is 0.343. The minimum Gasteiger partial charge on any atom is -0.274 e. The van der Waals surface area contributed by atoms with E-state index < -0.39 is 0 Å². The summed E-state index contributed by atoms with van der Waals surface area (Å²) in [5, 5.41) is 0. The minimum atomic E-state index is -0.343. The fraction of sp³-hybridized carbons (Fsp3) is 0. The zero-order valence-electron chi connectivity index (χ0n) is 5.76. The van der Waals surface area contributed by atoms with Gasteiger partial charge >= 0.3 is 0 Å². The lowest BCUT2D eigenvalue weighted by Crippen LogP contribution is -1.90. The van der Waals surface area contributed by atoms with Crippen molar-refractivity contribution in [1.82, 2.24) is 9.38 Å². The number of imidazole rings is 1. The van der Waals surface area contributed by atoms with Gasteiger partial charge in [-0.05, 0) is 44.6 Å². The number of halogens is 3. The molecular formula is C7H3BrFIN2. The molecule has 2 nitrogen and oxygen atoms in total. The maximum absolute atomic E-state index is 13.0. The van der Waals surface area contributed by atoms with E-state index in [-0.39, 0.29) is 5.95 Å². The first-order valence-electron chi connectivity index (χ1n) is 3.16. The molecule has 2 aromatic heterocycles. The van der Waals surface area contributed by atoms with E-state index in [9.17, 15) is 4.39 Å². The van der Waals surface area contributed by atoms with Crippen molar-refractivity contribution in [3.05, 3.63) is 32.5 Å². The van der Waals surface area contributed by atoms with Crippen LogP contribution in [0.5, 0.6) is 0 Å². The van der Waals surface area contributed by atoms with Crippen LogP contribution in [0.3, 0.4) is 0 Å². The molecule has 0 aliphatic carbocycles. The van der Waals surface area contributed by atoms with Gasteiger partial charge in [0.1, 0.15) is 0 Å². The predicted octanol–water partition coefficient (Wildman–Crippen LogP) is 2.84. The van der Waals surface area contributed by atoms with Crippen LogP contribution in [-0.2, 0) is 0 Å². The van der Waals surface area contributed by atoms with Crippen LogP contribution < -0.4 is 0 Å². The summed E-state index contributed by atoms with van der Waals surface area (Å²) in [6.07, 6.45) is 2.86. The van der Waals surface area contributed by atoms with Crippen LogP contribution in [0.4, 0.5) is 4.39 Å². The standard InChI is InChI=1S/C7H3BrFIN2/c8-4-1-5(10)7-11-2-6(9)12(7)3-4/h1-3H. The van der Waals surface area contributed by atoms with E-state index in [1.165, 1.54) is 10.6 Å². The summed E-state index contributed by atoms with van der Waals surface area (Å²) in [7, 11) is 0. The molecule has 0 amide bonds. The lowest BCUT2D eigenvalue weighted by atomic mass is 10.5. The second-order valence-electron chi connectivity index (χ2n) is 2.28. The predicted molar refractivity (Wildman–Crippen MR) is 55.6 cm³/mol. The Labute approximate surface area is 90.1 Å². The molecular weight excluding hydrogens is 338 g/mol. The molecule has 2 heterocycles. The van der Waals surface area contributed by atoms with Gasteiger partial charge < -0.3 is 0 Å². The fourth-order valence-electron chi connectivity index (χ4n) is 0.986. The summed E-state index contributed by atoms with van der Waals surface area (Å²) in [4.78, 5) is 3.92. The van der Waals surface area contributed by atoms with Crippen LogP contribution in [-0.4, -0.2) is 9.38 Å². The topological polar surface area (TPSA) is 17.3 Å². The molecule has 0 aliphatic rings. The molecule has 0 bridgehead atoms. The van der Waals surface area contributed by atoms with Gasteiger partial charge in [-0.25, -0.2) is 4.98 Å². The number of nitrogens with zero attached hydrogens (tertiary/aromatic N) is 2. The normalized spacial score (nSPS) is 10.9. The van der Waals surface area contributed by atoms with Crippen molar-refractivity contribution in [2.24, 2.45) is 0 Å². The number of fused-ring (bicyclic) bond motifs is 1. The quantitative estimate of drug-likeness (QED) is 0.674. The van der Waals surface area contributed by atoms with E-state index in [4.69, 9.17) is 0 Å². The SMILES string of the molecule is Fc1cnc2c(I)cc(Br)cn12. The van der Waals surface area contributed by atoms with Gasteiger partial charge in [-0.3, -0.25) is 4.40 Å². The maximum atomic E-state index is 13.0. The monoisotopic (exact) mass is 340 g/mol. The Hall–Kier alpha value is -0.170. The molecule has 2 rings (SSSR count). The summed E-state index contributed by atoms with van der Waals surface area (Å²) in [5.41, 5.74) is 0.649. The number of hydrogen-bond donors (Lipinski definition) is 0. The molecule has 5 heteroatoms. The van der Waals surface area contributed by atoms with Crippen LogP contribution in [0, 0.1) is 9.52 Å². The van der Waals surface area contributed by atoms with Crippen molar-refractivity contribution in [2.75, 3.05) is 0 Å². The van der Waals surface area contributed by atoms with Crippen LogP contribution in [0.15, 0.2) is 22.9 Å². The van der Waals surface area contributed by atoms with Crippen molar-refractivity contribution in [3.63, 3.8) is 0 Å². The van der Waals surface area contributed by atoms with Crippen molar-refractivity contribution < 1.29 is 4.39 Å². The Morgan fingerprint density at radius 3 is 3.08 bits per heavy atom. The second kappa shape index (κ2) is 2.95. The Balaban J connectivity index is 2.92. The molecule has 0 saturated carbocycles. The van der Waals surface area contributed by atoms with Crippen molar-refractivity contribution in [1.29, 1.82) is 0 Å². The van der Waals surface area contributed by atoms with E-state index >= 15 is 0 Å². The number of aromatic nitrogens is 2. The van der Waals surface area contributed by atoms with Crippen molar-refractivity contribution >= 4 is 44.2 Å². The third-order valence-corrected chi connectivity index (χ3v) is 2.71. The Bertz CT molecular complexity index is 440. The van der Waals surface area contributed by atoms with E-state index in [0.29, 0.717) is 5.65 Å². The molecule has 0 N–H and O–H groups in total. The largest absolute Gasteiger partial charge is 0.274 e. The third-order valence-electron chi connectivity index (χ3n) is 1.48. The fourth-order valence-corrected chi connectivity index (χ4v) is 2.58. The summed E-state index contributed by atoms with van der Waals surface area (Å²) in [5.74, 6) is -0.343. The Morgan fingerprint density at radius 2 is 2.33 bits per heavy atom. The van der Waals surface area contributed by atoms with Gasteiger partial charge in [0.2, 0.25) is 5.95 Å². The summed E-state index contributed by atoms with van der Waals surface area (Å²) >= 11 is 5.40. The first-order valence-corrected chi connectivity index (χ1v) is 5.03. The molecule has 0 aliphatic heterocycles. The number of rotatable bonds is 0. The van der Waals surface area contributed by atoms with E-state index in [2.05, 4.69) is 43.5 Å². The average Bonchev–Trinajstić information content (AvgIpc) is 2.33. The zero-order chi connectivity index (χ0) is 8.72. The number of pyridine rings is 1. The van der Waals surface area contributed by atoms with Gasteiger partial charge in [0, 0.05) is 10.7 Å². The van der Waals surface area contributed by atoms with Gasteiger partial charge in [0.15, 0.2) is 5.65 Å². The van der Waals surface area contributed by atoms with Crippen LogP contribution in [0.2, 0.25) is 0 Å². The molecule has 0 fully saturated rings. The smallest absolute Gasteiger partial charge is 0.217 e. The molecule has 0 atom stereocenters. The highest BCUT2D eigenvalue weighted by atomic mass is 127. The number of hydrogen-bond acceptors (Lipinski definition) is 1. The third kappa shape index (κ3) is 1.24. The highest BCUT2D eigenvalue weighted by Gasteiger charge is 2.05. The molecule has 0 saturated heterocycles. The van der Waals surface area contributed by atoms with Gasteiger partial charge in [-0.2, -0.15) is 4.39 Å². The molecule has 0 unspecified atom stereocenters. The molecule has 62 valence electrons. The Morgan fingerprint density at radius 1 is 1.58 bits per heavy atom. The van der Waals surface area contributed by atoms with Crippen LogP contribution in [0.1, 0.15) is 0 Å². The van der Waals surface area contributed by atoms with E-state index in [1.807, 2.05) is 6.07 Å². The molecule has 0 aromatic carbocycles. The summed E-state index contributed by atoms with van der Waals surface area (Å²) in [6, 6.07) is 1.89. The molecule has 12 heavy (non-hydrogen) atoms. The molecule has 0 radical (unpaired) electrons. The van der Waals surface area contributed by atoms with Gasteiger partial charge in [0.05, 0.1) is 9.77 Å². The van der Waals surface area contributed by atoms with Crippen LogP contribution >= 0.6 is 38.5 Å². The van der Waals surface area contributed by atoms with Crippen LogP contribution in [0.25, 0.3) is 5.65 Å². The lowest BCUT2D eigenvalue weighted by Gasteiger charge is -1.97. The highest BCUT2D eigenvalue weighted by Crippen LogP contribution is 2.19.